The van der Waals surface area contributed by atoms with E-state index >= 15 is 0 Å². The number of rotatable bonds is 4. The first-order valence-electron chi connectivity index (χ1n) is 5.40. The topological polar surface area (TPSA) is 38.1 Å². The van der Waals surface area contributed by atoms with Gasteiger partial charge in [-0.2, -0.15) is 0 Å². The highest BCUT2D eigenvalue weighted by molar-refractivity contribution is 5.56. The van der Waals surface area contributed by atoms with Crippen LogP contribution in [0.1, 0.15) is 37.8 Å². The van der Waals surface area contributed by atoms with Crippen molar-refractivity contribution in [2.45, 2.75) is 40.7 Å². The molecular formula is C12H20N2O. The summed E-state index contributed by atoms with van der Waals surface area (Å²) in [5.74, 6) is 0.885. The van der Waals surface area contributed by atoms with Crippen molar-refractivity contribution in [1.29, 1.82) is 0 Å². The molecule has 1 N–H and O–H groups in total. The predicted molar refractivity (Wildman–Crippen MR) is 62.8 cm³/mol. The Morgan fingerprint density at radius 3 is 2.67 bits per heavy atom. The van der Waals surface area contributed by atoms with Gasteiger partial charge >= 0.3 is 0 Å². The van der Waals surface area contributed by atoms with E-state index in [1.54, 1.807) is 0 Å². The minimum atomic E-state index is 0.392. The monoisotopic (exact) mass is 208 g/mol. The highest BCUT2D eigenvalue weighted by atomic mass is 16.5. The normalized spacial score (nSPS) is 14.3. The maximum Gasteiger partial charge on any atom is 0.141 e. The molecule has 0 spiro atoms. The Labute approximate surface area is 91.5 Å². The summed E-state index contributed by atoms with van der Waals surface area (Å²) in [6.45, 7) is 11.3. The summed E-state index contributed by atoms with van der Waals surface area (Å²) in [5, 5.41) is 7.31. The maximum atomic E-state index is 5.12. The van der Waals surface area contributed by atoms with Gasteiger partial charge in [-0.3, -0.25) is 0 Å². The quantitative estimate of drug-likeness (QED) is 0.826. The van der Waals surface area contributed by atoms with Crippen LogP contribution >= 0.6 is 0 Å². The van der Waals surface area contributed by atoms with Gasteiger partial charge in [0, 0.05) is 11.6 Å². The van der Waals surface area contributed by atoms with Gasteiger partial charge in [0.05, 0.1) is 5.69 Å². The predicted octanol–water partition coefficient (Wildman–Crippen LogP) is 2.69. The number of hydrogen-bond acceptors (Lipinski definition) is 3. The molecule has 3 heteroatoms. The van der Waals surface area contributed by atoms with Crippen LogP contribution in [-0.4, -0.2) is 17.7 Å². The largest absolute Gasteiger partial charge is 0.361 e. The maximum absolute atomic E-state index is 5.12. The standard InChI is InChI=1S/C12H20N2O/c1-6-13-9(3)8(2)7-12-10(4)14-15-11(12)5/h7,9,13H,6H2,1-5H3. The number of nitrogens with one attached hydrogen (secondary N) is 1. The van der Waals surface area contributed by atoms with Crippen molar-refractivity contribution in [3.63, 3.8) is 0 Å². The number of nitrogens with zero attached hydrogens (tertiary/aromatic N) is 1. The molecule has 1 aromatic rings. The lowest BCUT2D eigenvalue weighted by molar-refractivity contribution is 0.393. The molecule has 15 heavy (non-hydrogen) atoms. The van der Waals surface area contributed by atoms with E-state index in [4.69, 9.17) is 4.52 Å². The molecule has 1 unspecified atom stereocenters. The highest BCUT2D eigenvalue weighted by Crippen LogP contribution is 2.17. The molecule has 1 rings (SSSR count). The zero-order valence-corrected chi connectivity index (χ0v) is 10.2. The number of aryl methyl sites for hydroxylation is 2. The number of likely N-dealkylation sites (N-methyl/N-ethyl adjacent to an activating group) is 1. The molecule has 0 fully saturated rings. The summed E-state index contributed by atoms with van der Waals surface area (Å²) >= 11 is 0. The van der Waals surface area contributed by atoms with Gasteiger partial charge in [0.1, 0.15) is 5.76 Å². The van der Waals surface area contributed by atoms with Crippen LogP contribution < -0.4 is 5.32 Å². The third kappa shape index (κ3) is 2.93. The lowest BCUT2D eigenvalue weighted by Gasteiger charge is -2.12. The molecular weight excluding hydrogens is 188 g/mol. The first-order valence-corrected chi connectivity index (χ1v) is 5.40. The molecule has 3 nitrogen and oxygen atoms in total. The van der Waals surface area contributed by atoms with Crippen molar-refractivity contribution < 1.29 is 4.52 Å². The van der Waals surface area contributed by atoms with Crippen molar-refractivity contribution in [2.75, 3.05) is 6.54 Å². The van der Waals surface area contributed by atoms with Crippen molar-refractivity contribution in [2.24, 2.45) is 0 Å². The van der Waals surface area contributed by atoms with Gasteiger partial charge in [0.2, 0.25) is 0 Å². The summed E-state index contributed by atoms with van der Waals surface area (Å²) in [6, 6.07) is 0.392. The first-order chi connectivity index (χ1) is 7.06. The van der Waals surface area contributed by atoms with Gasteiger partial charge in [-0.25, -0.2) is 0 Å². The molecule has 0 aliphatic rings. The van der Waals surface area contributed by atoms with Crippen LogP contribution in [0, 0.1) is 13.8 Å². The summed E-state index contributed by atoms with van der Waals surface area (Å²) in [7, 11) is 0. The third-order valence-corrected chi connectivity index (χ3v) is 2.65. The fourth-order valence-corrected chi connectivity index (χ4v) is 1.52. The SMILES string of the molecule is CCNC(C)C(C)=Cc1c(C)noc1C. The molecule has 0 aliphatic carbocycles. The number of hydrogen-bond donors (Lipinski definition) is 1. The van der Waals surface area contributed by atoms with Crippen LogP contribution in [0.4, 0.5) is 0 Å². The van der Waals surface area contributed by atoms with Crippen molar-refractivity contribution >= 4 is 6.08 Å². The lowest BCUT2D eigenvalue weighted by atomic mass is 10.1. The second kappa shape index (κ2) is 5.12. The van der Waals surface area contributed by atoms with Gasteiger partial charge < -0.3 is 9.84 Å². The summed E-state index contributed by atoms with van der Waals surface area (Å²) in [5.41, 5.74) is 3.36. The smallest absolute Gasteiger partial charge is 0.141 e. The molecule has 0 aromatic carbocycles. The number of aromatic nitrogens is 1. The first kappa shape index (κ1) is 12.0. The zero-order valence-electron chi connectivity index (χ0n) is 10.2. The Balaban J connectivity index is 2.87. The molecule has 1 aromatic heterocycles. The van der Waals surface area contributed by atoms with Crippen molar-refractivity contribution in [3.8, 4) is 0 Å². The Hall–Kier alpha value is -1.09. The van der Waals surface area contributed by atoms with E-state index in [-0.39, 0.29) is 0 Å². The Morgan fingerprint density at radius 2 is 2.20 bits per heavy atom. The summed E-state index contributed by atoms with van der Waals surface area (Å²) in [4.78, 5) is 0. The molecule has 1 atom stereocenters. The Kier molecular flexibility index (Phi) is 4.09. The lowest BCUT2D eigenvalue weighted by Crippen LogP contribution is -2.26. The molecule has 0 radical (unpaired) electrons. The second-order valence-corrected chi connectivity index (χ2v) is 3.91. The zero-order chi connectivity index (χ0) is 11.4. The molecule has 84 valence electrons. The average molecular weight is 208 g/mol. The summed E-state index contributed by atoms with van der Waals surface area (Å²) < 4.78 is 5.12. The van der Waals surface area contributed by atoms with Gasteiger partial charge in [0.25, 0.3) is 0 Å². The van der Waals surface area contributed by atoms with E-state index in [9.17, 15) is 0 Å². The molecule has 1 heterocycles. The van der Waals surface area contributed by atoms with Crippen LogP contribution in [0.25, 0.3) is 6.08 Å². The van der Waals surface area contributed by atoms with Crippen LogP contribution in [0.15, 0.2) is 10.1 Å². The molecule has 0 saturated heterocycles. The van der Waals surface area contributed by atoms with Crippen molar-refractivity contribution in [3.05, 3.63) is 22.6 Å². The Morgan fingerprint density at radius 1 is 1.53 bits per heavy atom. The fourth-order valence-electron chi connectivity index (χ4n) is 1.52. The highest BCUT2D eigenvalue weighted by Gasteiger charge is 2.08. The minimum Gasteiger partial charge on any atom is -0.361 e. The van der Waals surface area contributed by atoms with Crippen LogP contribution in [0.5, 0.6) is 0 Å². The van der Waals surface area contributed by atoms with E-state index in [1.807, 2.05) is 13.8 Å². The van der Waals surface area contributed by atoms with E-state index in [0.717, 1.165) is 23.6 Å². The van der Waals surface area contributed by atoms with E-state index in [2.05, 4.69) is 37.3 Å². The van der Waals surface area contributed by atoms with Gasteiger partial charge in [-0.05, 0) is 40.3 Å². The molecule has 0 bridgehead atoms. The second-order valence-electron chi connectivity index (χ2n) is 3.91. The fraction of sp³-hybridized carbons (Fsp3) is 0.583. The summed E-state index contributed by atoms with van der Waals surface area (Å²) in [6.07, 6.45) is 2.15. The van der Waals surface area contributed by atoms with Gasteiger partial charge in [0.15, 0.2) is 0 Å². The third-order valence-electron chi connectivity index (χ3n) is 2.65. The molecule has 0 saturated carbocycles. The molecule has 0 aliphatic heterocycles. The molecule has 0 amide bonds. The Bertz CT molecular complexity index is 333. The van der Waals surface area contributed by atoms with Crippen LogP contribution in [-0.2, 0) is 0 Å². The van der Waals surface area contributed by atoms with Crippen LogP contribution in [0.3, 0.4) is 0 Å². The van der Waals surface area contributed by atoms with Crippen molar-refractivity contribution in [1.82, 2.24) is 10.5 Å². The van der Waals surface area contributed by atoms with E-state index in [0.29, 0.717) is 6.04 Å². The average Bonchev–Trinajstić information content (AvgIpc) is 2.49. The van der Waals surface area contributed by atoms with Gasteiger partial charge in [-0.1, -0.05) is 17.7 Å². The minimum absolute atomic E-state index is 0.392. The van der Waals surface area contributed by atoms with E-state index < -0.39 is 0 Å². The van der Waals surface area contributed by atoms with E-state index in [1.165, 1.54) is 5.57 Å². The van der Waals surface area contributed by atoms with Crippen LogP contribution in [0.2, 0.25) is 0 Å². The van der Waals surface area contributed by atoms with Gasteiger partial charge in [-0.15, -0.1) is 0 Å².